The van der Waals surface area contributed by atoms with Crippen LogP contribution < -0.4 is 10.6 Å². The Kier molecular flexibility index (Phi) is 4.09. The number of aromatic nitrogens is 3. The van der Waals surface area contributed by atoms with Crippen LogP contribution in [0.15, 0.2) is 29.5 Å². The van der Waals surface area contributed by atoms with Gasteiger partial charge in [0.15, 0.2) is 5.82 Å². The van der Waals surface area contributed by atoms with Gasteiger partial charge in [0.25, 0.3) is 5.91 Å². The van der Waals surface area contributed by atoms with Crippen molar-refractivity contribution in [3.05, 3.63) is 45.9 Å². The lowest BCUT2D eigenvalue weighted by molar-refractivity contribution is -0.113. The summed E-state index contributed by atoms with van der Waals surface area (Å²) in [6, 6.07) is 5.42. The predicted molar refractivity (Wildman–Crippen MR) is 90.5 cm³/mol. The topological polar surface area (TPSA) is 71.8 Å². The third-order valence-corrected chi connectivity index (χ3v) is 4.05. The minimum absolute atomic E-state index is 0.167. The van der Waals surface area contributed by atoms with Crippen LogP contribution in [-0.4, -0.2) is 20.7 Å². The van der Waals surface area contributed by atoms with E-state index < -0.39 is 0 Å². The van der Waals surface area contributed by atoms with Gasteiger partial charge < -0.3 is 10.6 Å². The molecule has 2 heterocycles. The van der Waals surface area contributed by atoms with E-state index in [0.717, 1.165) is 23.5 Å². The number of allylic oxidation sites excluding steroid dienone is 1. The first kappa shape index (κ1) is 15.6. The van der Waals surface area contributed by atoms with Crippen molar-refractivity contribution in [1.29, 1.82) is 0 Å². The van der Waals surface area contributed by atoms with Crippen LogP contribution in [0.3, 0.4) is 0 Å². The van der Waals surface area contributed by atoms with Gasteiger partial charge in [0.1, 0.15) is 0 Å². The molecular weight excluding hydrogens is 314 g/mol. The molecular formula is C16H18ClN5O. The molecule has 1 aliphatic rings. The molecule has 1 aliphatic heterocycles. The van der Waals surface area contributed by atoms with Crippen molar-refractivity contribution in [2.24, 2.45) is 0 Å². The minimum atomic E-state index is -0.167. The van der Waals surface area contributed by atoms with Gasteiger partial charge in [-0.25, -0.2) is 4.68 Å². The first-order valence-electron chi connectivity index (χ1n) is 7.46. The van der Waals surface area contributed by atoms with Crippen molar-refractivity contribution in [2.75, 3.05) is 10.6 Å². The smallest absolute Gasteiger partial charge is 0.255 e. The highest BCUT2D eigenvalue weighted by Crippen LogP contribution is 2.24. The van der Waals surface area contributed by atoms with Gasteiger partial charge in [0.05, 0.1) is 12.1 Å². The molecule has 0 aliphatic carbocycles. The van der Waals surface area contributed by atoms with Gasteiger partial charge in [-0.1, -0.05) is 24.6 Å². The second kappa shape index (κ2) is 6.04. The molecule has 0 atom stereocenters. The van der Waals surface area contributed by atoms with Gasteiger partial charge in [-0.05, 0) is 31.5 Å². The maximum Gasteiger partial charge on any atom is 0.255 e. The van der Waals surface area contributed by atoms with E-state index in [4.69, 9.17) is 11.6 Å². The van der Waals surface area contributed by atoms with E-state index in [0.29, 0.717) is 28.8 Å². The van der Waals surface area contributed by atoms with Crippen molar-refractivity contribution in [3.8, 4) is 0 Å². The highest BCUT2D eigenvalue weighted by atomic mass is 35.5. The third-order valence-electron chi connectivity index (χ3n) is 3.81. The Balaban J connectivity index is 1.83. The Morgan fingerprint density at radius 2 is 2.22 bits per heavy atom. The summed E-state index contributed by atoms with van der Waals surface area (Å²) in [6.07, 6.45) is 0.754. The van der Waals surface area contributed by atoms with Gasteiger partial charge in [0, 0.05) is 22.8 Å². The molecule has 0 spiro atoms. The zero-order valence-corrected chi connectivity index (χ0v) is 14.0. The van der Waals surface area contributed by atoms with Gasteiger partial charge >= 0.3 is 0 Å². The Labute approximate surface area is 139 Å². The quantitative estimate of drug-likeness (QED) is 0.906. The number of carbonyl (C=O) groups excluding carboxylic acids is 1. The van der Waals surface area contributed by atoms with E-state index in [9.17, 15) is 4.79 Å². The van der Waals surface area contributed by atoms with E-state index >= 15 is 0 Å². The van der Waals surface area contributed by atoms with E-state index in [1.165, 1.54) is 0 Å². The number of amides is 1. The highest BCUT2D eigenvalue weighted by Gasteiger charge is 2.23. The Bertz CT molecular complexity index is 809. The molecule has 0 saturated carbocycles. The number of rotatable bonds is 3. The average molecular weight is 332 g/mol. The van der Waals surface area contributed by atoms with Crippen LogP contribution in [0.25, 0.3) is 0 Å². The van der Waals surface area contributed by atoms with Crippen molar-refractivity contribution in [2.45, 2.75) is 33.7 Å². The van der Waals surface area contributed by atoms with E-state index in [1.807, 2.05) is 26.8 Å². The fourth-order valence-corrected chi connectivity index (χ4v) is 2.59. The number of fused-ring (bicyclic) bond motifs is 1. The summed E-state index contributed by atoms with van der Waals surface area (Å²) >= 11 is 6.00. The van der Waals surface area contributed by atoms with Crippen LogP contribution in [0, 0.1) is 6.92 Å². The lowest BCUT2D eigenvalue weighted by Crippen LogP contribution is -2.26. The number of nitrogens with one attached hydrogen (secondary N) is 2. The molecule has 7 heteroatoms. The van der Waals surface area contributed by atoms with Crippen LogP contribution in [0.2, 0.25) is 5.02 Å². The van der Waals surface area contributed by atoms with Crippen molar-refractivity contribution >= 4 is 29.1 Å². The highest BCUT2D eigenvalue weighted by molar-refractivity contribution is 6.31. The number of aryl methyl sites for hydroxylation is 2. The standard InChI is InChI=1S/C16H18ClN5O/c1-4-14-20-16-18-10(3)12(8-22(16)21-14)15(23)19-13-7-11(17)6-5-9(13)2/h5-7H,4,8H2,1-3H3,(H,19,23)(H,18,20,21). The van der Waals surface area contributed by atoms with Gasteiger partial charge in [0.2, 0.25) is 5.95 Å². The van der Waals surface area contributed by atoms with Crippen LogP contribution in [0.5, 0.6) is 0 Å². The molecule has 0 bridgehead atoms. The second-order valence-corrected chi connectivity index (χ2v) is 5.94. The zero-order chi connectivity index (χ0) is 16.6. The Hall–Kier alpha value is -2.34. The lowest BCUT2D eigenvalue weighted by Gasteiger charge is -2.20. The van der Waals surface area contributed by atoms with Crippen molar-refractivity contribution in [1.82, 2.24) is 14.8 Å². The van der Waals surface area contributed by atoms with Crippen molar-refractivity contribution in [3.63, 3.8) is 0 Å². The number of hydrogen-bond acceptors (Lipinski definition) is 4. The average Bonchev–Trinajstić information content (AvgIpc) is 2.92. The van der Waals surface area contributed by atoms with Gasteiger partial charge in [-0.15, -0.1) is 0 Å². The predicted octanol–water partition coefficient (Wildman–Crippen LogP) is 3.14. The monoisotopic (exact) mass is 331 g/mol. The summed E-state index contributed by atoms with van der Waals surface area (Å²) in [6.45, 7) is 6.18. The minimum Gasteiger partial charge on any atom is -0.328 e. The Morgan fingerprint density at radius 3 is 2.96 bits per heavy atom. The molecule has 3 rings (SSSR count). The summed E-state index contributed by atoms with van der Waals surface area (Å²) in [5, 5.41) is 11.0. The van der Waals surface area contributed by atoms with E-state index in [2.05, 4.69) is 20.7 Å². The molecule has 0 fully saturated rings. The van der Waals surface area contributed by atoms with E-state index in [1.54, 1.807) is 16.8 Å². The fraction of sp³-hybridized carbons (Fsp3) is 0.312. The van der Waals surface area contributed by atoms with Crippen LogP contribution >= 0.6 is 11.6 Å². The van der Waals surface area contributed by atoms with Crippen LogP contribution in [0.4, 0.5) is 11.6 Å². The normalized spacial score (nSPS) is 13.6. The fourth-order valence-electron chi connectivity index (χ4n) is 2.42. The summed E-state index contributed by atoms with van der Waals surface area (Å²) < 4.78 is 1.71. The van der Waals surface area contributed by atoms with Gasteiger partial charge in [-0.2, -0.15) is 10.1 Å². The first-order chi connectivity index (χ1) is 11.0. The molecule has 0 unspecified atom stereocenters. The summed E-state index contributed by atoms with van der Waals surface area (Å²) in [7, 11) is 0. The molecule has 0 saturated heterocycles. The molecule has 2 aromatic rings. The van der Waals surface area contributed by atoms with E-state index in [-0.39, 0.29) is 5.91 Å². The maximum atomic E-state index is 12.6. The number of halogens is 1. The molecule has 1 aromatic carbocycles. The molecule has 0 radical (unpaired) electrons. The number of hydrogen-bond donors (Lipinski definition) is 2. The second-order valence-electron chi connectivity index (χ2n) is 5.50. The molecule has 1 amide bonds. The molecule has 6 nitrogen and oxygen atoms in total. The molecule has 120 valence electrons. The molecule has 2 N–H and O–H groups in total. The number of nitrogens with zero attached hydrogens (tertiary/aromatic N) is 3. The third kappa shape index (κ3) is 3.07. The summed E-state index contributed by atoms with van der Waals surface area (Å²) in [4.78, 5) is 17.0. The summed E-state index contributed by atoms with van der Waals surface area (Å²) in [5.74, 6) is 1.27. The van der Waals surface area contributed by atoms with Crippen LogP contribution in [-0.2, 0) is 17.8 Å². The number of anilines is 2. The van der Waals surface area contributed by atoms with Crippen LogP contribution in [0.1, 0.15) is 25.2 Å². The van der Waals surface area contributed by atoms with Crippen molar-refractivity contribution < 1.29 is 4.79 Å². The summed E-state index contributed by atoms with van der Waals surface area (Å²) in [5.41, 5.74) is 3.08. The zero-order valence-electron chi connectivity index (χ0n) is 13.3. The Morgan fingerprint density at radius 1 is 1.43 bits per heavy atom. The van der Waals surface area contributed by atoms with Gasteiger partial charge in [-0.3, -0.25) is 4.79 Å². The molecule has 1 aromatic heterocycles. The lowest BCUT2D eigenvalue weighted by atomic mass is 10.1. The SMILES string of the molecule is CCc1nc2n(n1)CC(C(=O)Nc1cc(Cl)ccc1C)=C(C)N2. The number of carbonyl (C=O) groups is 1. The maximum absolute atomic E-state index is 12.6. The largest absolute Gasteiger partial charge is 0.328 e. The first-order valence-corrected chi connectivity index (χ1v) is 7.83. The number of benzene rings is 1. The molecule has 23 heavy (non-hydrogen) atoms.